The molecule has 0 aliphatic carbocycles. The molecule has 1 aliphatic heterocycles. The molecule has 1 aromatic heterocycles. The van der Waals surface area contributed by atoms with Crippen LogP contribution in [-0.4, -0.2) is 42.6 Å². The average molecular weight is 237 g/mol. The van der Waals surface area contributed by atoms with Crippen molar-refractivity contribution in [1.29, 1.82) is 0 Å². The van der Waals surface area contributed by atoms with E-state index < -0.39 is 5.95 Å². The molecule has 1 unspecified atom stereocenters. The maximum atomic E-state index is 13.0. The molecule has 0 spiro atoms. The lowest BCUT2D eigenvalue weighted by molar-refractivity contribution is 0.270. The minimum absolute atomic E-state index is 0.409. The van der Waals surface area contributed by atoms with Gasteiger partial charge in [-0.15, -0.1) is 0 Å². The third-order valence-electron chi connectivity index (χ3n) is 3.54. The predicted octanol–water partition coefficient (Wildman–Crippen LogP) is 2.14. The molecule has 0 N–H and O–H groups in total. The Kier molecular flexibility index (Phi) is 3.94. The van der Waals surface area contributed by atoms with Crippen molar-refractivity contribution >= 4 is 5.69 Å². The number of aromatic nitrogens is 1. The largest absolute Gasteiger partial charge is 0.373 e. The van der Waals surface area contributed by atoms with Crippen LogP contribution in [0, 0.1) is 5.95 Å². The molecular weight excluding hydrogens is 217 g/mol. The summed E-state index contributed by atoms with van der Waals surface area (Å²) in [5.41, 5.74) is 0.903. The molecule has 2 rings (SSSR count). The Morgan fingerprint density at radius 1 is 1.59 bits per heavy atom. The van der Waals surface area contributed by atoms with Gasteiger partial charge in [-0.2, -0.15) is 4.39 Å². The van der Waals surface area contributed by atoms with E-state index in [2.05, 4.69) is 21.7 Å². The van der Waals surface area contributed by atoms with Crippen LogP contribution in [0.5, 0.6) is 0 Å². The summed E-state index contributed by atoms with van der Waals surface area (Å²) < 4.78 is 13.0. The topological polar surface area (TPSA) is 19.4 Å². The zero-order chi connectivity index (χ0) is 12.3. The fourth-order valence-electron chi connectivity index (χ4n) is 2.57. The first-order chi connectivity index (χ1) is 8.20. The van der Waals surface area contributed by atoms with E-state index in [-0.39, 0.29) is 0 Å². The summed E-state index contributed by atoms with van der Waals surface area (Å²) in [6.45, 7) is 5.45. The van der Waals surface area contributed by atoms with Crippen LogP contribution in [0.1, 0.15) is 19.8 Å². The SMILES string of the molecule is CCN1CCCC1CN(C)c1ccnc(F)c1. The molecule has 1 aromatic rings. The number of hydrogen-bond donors (Lipinski definition) is 0. The van der Waals surface area contributed by atoms with Crippen molar-refractivity contribution in [3.05, 3.63) is 24.3 Å². The highest BCUT2D eigenvalue weighted by atomic mass is 19.1. The van der Waals surface area contributed by atoms with Gasteiger partial charge in [0.1, 0.15) is 0 Å². The molecule has 2 heterocycles. The van der Waals surface area contributed by atoms with Gasteiger partial charge in [0.2, 0.25) is 5.95 Å². The number of likely N-dealkylation sites (tertiary alicyclic amines) is 1. The van der Waals surface area contributed by atoms with Crippen LogP contribution < -0.4 is 4.90 Å². The Morgan fingerprint density at radius 3 is 3.12 bits per heavy atom. The van der Waals surface area contributed by atoms with E-state index in [1.165, 1.54) is 31.6 Å². The Balaban J connectivity index is 1.99. The van der Waals surface area contributed by atoms with Crippen molar-refractivity contribution in [2.24, 2.45) is 0 Å². The standard InChI is InChI=1S/C13H20FN3/c1-3-17-8-4-5-12(17)10-16(2)11-6-7-15-13(14)9-11/h6-7,9,12H,3-5,8,10H2,1-2H3. The van der Waals surface area contributed by atoms with E-state index in [1.807, 2.05) is 13.1 Å². The van der Waals surface area contributed by atoms with E-state index in [1.54, 1.807) is 0 Å². The van der Waals surface area contributed by atoms with Crippen molar-refractivity contribution in [2.75, 3.05) is 31.6 Å². The fraction of sp³-hybridized carbons (Fsp3) is 0.615. The van der Waals surface area contributed by atoms with E-state index in [9.17, 15) is 4.39 Å². The van der Waals surface area contributed by atoms with Gasteiger partial charge < -0.3 is 4.90 Å². The highest BCUT2D eigenvalue weighted by Gasteiger charge is 2.24. The van der Waals surface area contributed by atoms with Crippen LogP contribution in [0.4, 0.5) is 10.1 Å². The number of anilines is 1. The number of nitrogens with zero attached hydrogens (tertiary/aromatic N) is 3. The minimum Gasteiger partial charge on any atom is -0.373 e. The van der Waals surface area contributed by atoms with Gasteiger partial charge in [-0.05, 0) is 32.0 Å². The molecule has 17 heavy (non-hydrogen) atoms. The first-order valence-electron chi connectivity index (χ1n) is 6.27. The van der Waals surface area contributed by atoms with Crippen molar-refractivity contribution in [3.63, 3.8) is 0 Å². The van der Waals surface area contributed by atoms with E-state index in [4.69, 9.17) is 0 Å². The zero-order valence-corrected chi connectivity index (χ0v) is 10.6. The summed E-state index contributed by atoms with van der Waals surface area (Å²) >= 11 is 0. The normalized spacial score (nSPS) is 20.8. The molecule has 1 atom stereocenters. The smallest absolute Gasteiger partial charge is 0.214 e. The molecule has 1 fully saturated rings. The van der Waals surface area contributed by atoms with Crippen molar-refractivity contribution in [2.45, 2.75) is 25.8 Å². The second-order valence-electron chi connectivity index (χ2n) is 4.64. The Labute approximate surface area is 102 Å². The lowest BCUT2D eigenvalue weighted by Gasteiger charge is -2.28. The third kappa shape index (κ3) is 2.94. The maximum Gasteiger partial charge on any atom is 0.214 e. The summed E-state index contributed by atoms with van der Waals surface area (Å²) in [4.78, 5) is 8.19. The molecule has 0 saturated carbocycles. The van der Waals surface area contributed by atoms with E-state index in [0.29, 0.717) is 6.04 Å². The van der Waals surface area contributed by atoms with Gasteiger partial charge in [0, 0.05) is 37.6 Å². The molecule has 0 radical (unpaired) electrons. The Hall–Kier alpha value is -1.16. The Morgan fingerprint density at radius 2 is 2.41 bits per heavy atom. The second kappa shape index (κ2) is 5.45. The number of pyridine rings is 1. The van der Waals surface area contributed by atoms with Crippen LogP contribution >= 0.6 is 0 Å². The monoisotopic (exact) mass is 237 g/mol. The minimum atomic E-state index is -0.409. The predicted molar refractivity (Wildman–Crippen MR) is 67.7 cm³/mol. The highest BCUT2D eigenvalue weighted by molar-refractivity contribution is 5.44. The first kappa shape index (κ1) is 12.3. The highest BCUT2D eigenvalue weighted by Crippen LogP contribution is 2.20. The maximum absolute atomic E-state index is 13.0. The first-order valence-corrected chi connectivity index (χ1v) is 6.27. The molecule has 3 nitrogen and oxygen atoms in total. The van der Waals surface area contributed by atoms with Crippen LogP contribution in [0.3, 0.4) is 0 Å². The van der Waals surface area contributed by atoms with Crippen LogP contribution in [0.25, 0.3) is 0 Å². The Bertz CT molecular complexity index is 369. The van der Waals surface area contributed by atoms with Crippen LogP contribution in [0.2, 0.25) is 0 Å². The van der Waals surface area contributed by atoms with E-state index >= 15 is 0 Å². The van der Waals surface area contributed by atoms with Gasteiger partial charge in [-0.1, -0.05) is 6.92 Å². The lowest BCUT2D eigenvalue weighted by atomic mass is 10.2. The quantitative estimate of drug-likeness (QED) is 0.748. The van der Waals surface area contributed by atoms with Gasteiger partial charge >= 0.3 is 0 Å². The zero-order valence-electron chi connectivity index (χ0n) is 10.6. The van der Waals surface area contributed by atoms with Gasteiger partial charge in [0.25, 0.3) is 0 Å². The molecule has 0 aromatic carbocycles. The fourth-order valence-corrected chi connectivity index (χ4v) is 2.57. The molecular formula is C13H20FN3. The van der Waals surface area contributed by atoms with Gasteiger partial charge in [0.05, 0.1) is 0 Å². The van der Waals surface area contributed by atoms with Crippen LogP contribution in [-0.2, 0) is 0 Å². The molecule has 1 saturated heterocycles. The summed E-state index contributed by atoms with van der Waals surface area (Å²) in [7, 11) is 2.01. The summed E-state index contributed by atoms with van der Waals surface area (Å²) in [5, 5.41) is 0. The summed E-state index contributed by atoms with van der Waals surface area (Å²) in [5.74, 6) is -0.409. The third-order valence-corrected chi connectivity index (χ3v) is 3.54. The number of rotatable bonds is 4. The summed E-state index contributed by atoms with van der Waals surface area (Å²) in [6, 6.07) is 3.95. The second-order valence-corrected chi connectivity index (χ2v) is 4.64. The molecule has 4 heteroatoms. The number of likely N-dealkylation sites (N-methyl/N-ethyl adjacent to an activating group) is 2. The lowest BCUT2D eigenvalue weighted by Crippen LogP contribution is -2.38. The van der Waals surface area contributed by atoms with Crippen molar-refractivity contribution < 1.29 is 4.39 Å². The van der Waals surface area contributed by atoms with E-state index in [0.717, 1.165) is 18.8 Å². The average Bonchev–Trinajstić information content (AvgIpc) is 2.76. The molecule has 1 aliphatic rings. The molecule has 0 amide bonds. The van der Waals surface area contributed by atoms with Gasteiger partial charge in [-0.25, -0.2) is 4.98 Å². The molecule has 94 valence electrons. The number of halogens is 1. The van der Waals surface area contributed by atoms with Crippen LogP contribution in [0.15, 0.2) is 18.3 Å². The van der Waals surface area contributed by atoms with Crippen molar-refractivity contribution in [3.8, 4) is 0 Å². The van der Waals surface area contributed by atoms with Crippen molar-refractivity contribution in [1.82, 2.24) is 9.88 Å². The summed E-state index contributed by atoms with van der Waals surface area (Å²) in [6.07, 6.45) is 4.04. The number of hydrogen-bond acceptors (Lipinski definition) is 3. The van der Waals surface area contributed by atoms with Gasteiger partial charge in [-0.3, -0.25) is 4.90 Å². The van der Waals surface area contributed by atoms with Gasteiger partial charge in [0.15, 0.2) is 0 Å². The molecule has 0 bridgehead atoms.